The van der Waals surface area contributed by atoms with Crippen LogP contribution in [0, 0.1) is 0 Å². The van der Waals surface area contributed by atoms with E-state index in [2.05, 4.69) is 60.1 Å². The molecule has 0 saturated carbocycles. The number of ether oxygens (including phenoxy) is 1. The van der Waals surface area contributed by atoms with E-state index in [1.54, 1.807) is 7.11 Å². The van der Waals surface area contributed by atoms with Gasteiger partial charge in [-0.05, 0) is 42.5 Å². The van der Waals surface area contributed by atoms with Gasteiger partial charge in [0.15, 0.2) is 0 Å². The number of fused-ring (bicyclic) bond motifs is 3. The predicted octanol–water partition coefficient (Wildman–Crippen LogP) is 5.19. The Bertz CT molecular complexity index is 1250. The van der Waals surface area contributed by atoms with Gasteiger partial charge in [-0.3, -0.25) is 0 Å². The van der Waals surface area contributed by atoms with Crippen LogP contribution < -0.4 is 4.74 Å². The molecule has 3 aromatic carbocycles. The van der Waals surface area contributed by atoms with Gasteiger partial charge in [-0.1, -0.05) is 36.4 Å². The third-order valence-electron chi connectivity index (χ3n) is 5.08. The Hall–Kier alpha value is -3.53. The zero-order chi connectivity index (χ0) is 18.4. The Morgan fingerprint density at radius 3 is 2.26 bits per heavy atom. The van der Waals surface area contributed by atoms with Crippen LogP contribution in [0.3, 0.4) is 0 Å². The van der Waals surface area contributed by atoms with Gasteiger partial charge in [0.2, 0.25) is 0 Å². The maximum Gasteiger partial charge on any atom is 0.145 e. The monoisotopic (exact) mass is 353 g/mol. The molecular formula is C23H19N3O. The summed E-state index contributed by atoms with van der Waals surface area (Å²) in [5.74, 6) is 0.843. The minimum Gasteiger partial charge on any atom is -0.497 e. The van der Waals surface area contributed by atoms with Crippen molar-refractivity contribution in [1.29, 1.82) is 0 Å². The topological polar surface area (TPSA) is 32.0 Å². The van der Waals surface area contributed by atoms with Crippen molar-refractivity contribution in [3.05, 3.63) is 78.9 Å². The van der Waals surface area contributed by atoms with Gasteiger partial charge in [0, 0.05) is 18.0 Å². The van der Waals surface area contributed by atoms with E-state index in [1.807, 2.05) is 35.0 Å². The van der Waals surface area contributed by atoms with Gasteiger partial charge in [0.25, 0.3) is 0 Å². The zero-order valence-electron chi connectivity index (χ0n) is 15.3. The molecule has 0 radical (unpaired) electrons. The number of hydrogen-bond acceptors (Lipinski definition) is 2. The Morgan fingerprint density at radius 2 is 1.52 bits per heavy atom. The van der Waals surface area contributed by atoms with Crippen molar-refractivity contribution in [3.8, 4) is 22.7 Å². The van der Waals surface area contributed by atoms with Crippen molar-refractivity contribution >= 4 is 21.9 Å². The first-order valence-electron chi connectivity index (χ1n) is 8.94. The zero-order valence-corrected chi connectivity index (χ0v) is 15.3. The fourth-order valence-corrected chi connectivity index (χ4v) is 3.76. The van der Waals surface area contributed by atoms with Crippen molar-refractivity contribution in [2.45, 2.75) is 0 Å². The van der Waals surface area contributed by atoms with Crippen LogP contribution >= 0.6 is 0 Å². The fourth-order valence-electron chi connectivity index (χ4n) is 3.76. The first-order valence-corrected chi connectivity index (χ1v) is 8.94. The molecule has 4 nitrogen and oxygen atoms in total. The summed E-state index contributed by atoms with van der Waals surface area (Å²) in [4.78, 5) is 0. The van der Waals surface area contributed by atoms with E-state index in [4.69, 9.17) is 9.84 Å². The molecule has 132 valence electrons. The summed E-state index contributed by atoms with van der Waals surface area (Å²) in [5, 5.41) is 7.39. The maximum absolute atomic E-state index is 5.31. The van der Waals surface area contributed by atoms with E-state index in [9.17, 15) is 0 Å². The van der Waals surface area contributed by atoms with Crippen LogP contribution in [0.25, 0.3) is 38.9 Å². The molecule has 0 aliphatic heterocycles. The molecule has 27 heavy (non-hydrogen) atoms. The number of methoxy groups -OCH3 is 1. The van der Waals surface area contributed by atoms with Crippen molar-refractivity contribution in [2.75, 3.05) is 7.11 Å². The Balaban J connectivity index is 1.89. The molecule has 0 bridgehead atoms. The molecule has 0 amide bonds. The average Bonchev–Trinajstić information content (AvgIpc) is 3.26. The number of nitrogens with zero attached hydrogens (tertiary/aromatic N) is 3. The molecule has 5 aromatic rings. The third-order valence-corrected chi connectivity index (χ3v) is 5.08. The molecule has 5 rings (SSSR count). The highest BCUT2D eigenvalue weighted by Crippen LogP contribution is 2.37. The summed E-state index contributed by atoms with van der Waals surface area (Å²) in [6, 6.07) is 26.9. The lowest BCUT2D eigenvalue weighted by molar-refractivity contribution is 0.415. The first-order chi connectivity index (χ1) is 13.3. The van der Waals surface area contributed by atoms with E-state index in [1.165, 1.54) is 16.3 Å². The van der Waals surface area contributed by atoms with Gasteiger partial charge in [-0.2, -0.15) is 5.10 Å². The number of aromatic nitrogens is 3. The molecular weight excluding hydrogens is 334 g/mol. The van der Waals surface area contributed by atoms with Crippen molar-refractivity contribution in [1.82, 2.24) is 14.3 Å². The molecule has 0 fully saturated rings. The Morgan fingerprint density at radius 1 is 0.815 bits per heavy atom. The average molecular weight is 353 g/mol. The number of benzene rings is 3. The van der Waals surface area contributed by atoms with E-state index in [0.717, 1.165) is 28.3 Å². The van der Waals surface area contributed by atoms with E-state index < -0.39 is 0 Å². The van der Waals surface area contributed by atoms with Gasteiger partial charge in [-0.15, -0.1) is 0 Å². The third kappa shape index (κ3) is 2.34. The van der Waals surface area contributed by atoms with Crippen molar-refractivity contribution in [2.24, 2.45) is 7.05 Å². The van der Waals surface area contributed by atoms with Gasteiger partial charge in [-0.25, -0.2) is 4.68 Å². The molecule has 0 unspecified atom stereocenters. The number of hydrogen-bond donors (Lipinski definition) is 0. The van der Waals surface area contributed by atoms with E-state index >= 15 is 0 Å². The van der Waals surface area contributed by atoms with Crippen molar-refractivity contribution < 1.29 is 4.74 Å². The summed E-state index contributed by atoms with van der Waals surface area (Å²) < 4.78 is 9.57. The van der Waals surface area contributed by atoms with Crippen LogP contribution in [0.2, 0.25) is 0 Å². The van der Waals surface area contributed by atoms with Gasteiger partial charge in [0.05, 0.1) is 23.7 Å². The molecule has 4 heteroatoms. The summed E-state index contributed by atoms with van der Waals surface area (Å²) in [6.45, 7) is 0. The number of aryl methyl sites for hydroxylation is 1. The molecule has 0 aliphatic rings. The number of para-hydroxylation sites is 2. The lowest BCUT2D eigenvalue weighted by atomic mass is 10.1. The van der Waals surface area contributed by atoms with Crippen LogP contribution in [0.1, 0.15) is 0 Å². The standard InChI is InChI=1S/C23H19N3O/c1-25-20-11-7-6-10-19(20)21-22(16-12-14-18(27-2)15-13-16)24-26(23(21)25)17-8-4-3-5-9-17/h3-15H,1-2H3. The molecule has 2 heterocycles. The molecule has 0 spiro atoms. The summed E-state index contributed by atoms with van der Waals surface area (Å²) in [6.07, 6.45) is 0. The second-order valence-corrected chi connectivity index (χ2v) is 6.60. The second kappa shape index (κ2) is 6.02. The highest BCUT2D eigenvalue weighted by Gasteiger charge is 2.20. The number of rotatable bonds is 3. The first kappa shape index (κ1) is 15.7. The van der Waals surface area contributed by atoms with Gasteiger partial charge < -0.3 is 9.30 Å². The molecule has 2 aromatic heterocycles. The predicted molar refractivity (Wildman–Crippen MR) is 110 cm³/mol. The quantitative estimate of drug-likeness (QED) is 0.447. The maximum atomic E-state index is 5.31. The SMILES string of the molecule is COc1ccc(-c2nn(-c3ccccc3)c3c2c2ccccc2n3C)cc1. The Kier molecular flexibility index (Phi) is 3.50. The summed E-state index contributed by atoms with van der Waals surface area (Å²) in [5.41, 5.74) is 5.39. The molecule has 0 aliphatic carbocycles. The van der Waals surface area contributed by atoms with Gasteiger partial charge >= 0.3 is 0 Å². The van der Waals surface area contributed by atoms with Crippen LogP contribution in [0.5, 0.6) is 5.75 Å². The van der Waals surface area contributed by atoms with Crippen LogP contribution in [0.15, 0.2) is 78.9 Å². The molecule has 0 saturated heterocycles. The van der Waals surface area contributed by atoms with Crippen LogP contribution in [-0.2, 0) is 7.05 Å². The summed E-state index contributed by atoms with van der Waals surface area (Å²) >= 11 is 0. The summed E-state index contributed by atoms with van der Waals surface area (Å²) in [7, 11) is 3.78. The fraction of sp³-hybridized carbons (Fsp3) is 0.0870. The molecule has 0 atom stereocenters. The normalized spacial score (nSPS) is 11.3. The lowest BCUT2D eigenvalue weighted by Crippen LogP contribution is -2.01. The largest absolute Gasteiger partial charge is 0.497 e. The minimum absolute atomic E-state index is 0.843. The smallest absolute Gasteiger partial charge is 0.145 e. The van der Waals surface area contributed by atoms with Crippen LogP contribution in [-0.4, -0.2) is 21.5 Å². The molecule has 0 N–H and O–H groups in total. The van der Waals surface area contributed by atoms with Crippen molar-refractivity contribution in [3.63, 3.8) is 0 Å². The van der Waals surface area contributed by atoms with E-state index in [-0.39, 0.29) is 0 Å². The van der Waals surface area contributed by atoms with E-state index in [0.29, 0.717) is 0 Å². The second-order valence-electron chi connectivity index (χ2n) is 6.60. The minimum atomic E-state index is 0.843. The van der Waals surface area contributed by atoms with Gasteiger partial charge in [0.1, 0.15) is 17.1 Å². The highest BCUT2D eigenvalue weighted by molar-refractivity contribution is 6.13. The Labute approximate surface area is 157 Å². The highest BCUT2D eigenvalue weighted by atomic mass is 16.5. The van der Waals surface area contributed by atoms with Crippen LogP contribution in [0.4, 0.5) is 0 Å². The lowest BCUT2D eigenvalue weighted by Gasteiger charge is -2.05.